The van der Waals surface area contributed by atoms with Crippen LogP contribution in [-0.2, 0) is 6.42 Å². The summed E-state index contributed by atoms with van der Waals surface area (Å²) < 4.78 is 5.56. The first kappa shape index (κ1) is 13.8. The summed E-state index contributed by atoms with van der Waals surface area (Å²) in [7, 11) is 0. The van der Waals surface area contributed by atoms with Crippen LogP contribution in [0.3, 0.4) is 0 Å². The Kier molecular flexibility index (Phi) is 4.77. The van der Waals surface area contributed by atoms with Crippen molar-refractivity contribution in [1.82, 2.24) is 4.98 Å². The van der Waals surface area contributed by atoms with Gasteiger partial charge in [0.15, 0.2) is 6.29 Å². The van der Waals surface area contributed by atoms with Gasteiger partial charge in [0, 0.05) is 23.3 Å². The molecule has 0 atom stereocenters. The highest BCUT2D eigenvalue weighted by Gasteiger charge is 2.10. The van der Waals surface area contributed by atoms with Crippen molar-refractivity contribution in [2.45, 2.75) is 6.42 Å². The van der Waals surface area contributed by atoms with E-state index in [2.05, 4.69) is 4.98 Å². The van der Waals surface area contributed by atoms with E-state index in [0.29, 0.717) is 40.7 Å². The molecule has 0 radical (unpaired) electrons. The zero-order valence-corrected chi connectivity index (χ0v) is 11.5. The van der Waals surface area contributed by atoms with Crippen molar-refractivity contribution in [3.8, 4) is 5.75 Å². The van der Waals surface area contributed by atoms with Gasteiger partial charge < -0.3 is 4.74 Å². The minimum Gasteiger partial charge on any atom is -0.491 e. The van der Waals surface area contributed by atoms with Crippen LogP contribution in [0.5, 0.6) is 5.75 Å². The number of benzene rings is 1. The summed E-state index contributed by atoms with van der Waals surface area (Å²) in [4.78, 5) is 15.1. The molecular formula is C14H11Cl2NO2. The monoisotopic (exact) mass is 295 g/mol. The molecule has 2 rings (SSSR count). The Hall–Kier alpha value is -1.58. The molecule has 0 unspecified atom stereocenters. The minimum absolute atomic E-state index is 0.329. The van der Waals surface area contributed by atoms with Crippen molar-refractivity contribution in [3.63, 3.8) is 0 Å². The maximum Gasteiger partial charge on any atom is 0.153 e. The fourth-order valence-corrected chi connectivity index (χ4v) is 2.19. The molecule has 0 aliphatic carbocycles. The molecule has 98 valence electrons. The highest BCUT2D eigenvalue weighted by atomic mass is 35.5. The Balaban J connectivity index is 2.05. The summed E-state index contributed by atoms with van der Waals surface area (Å²) in [6.07, 6.45) is 3.04. The molecule has 0 N–H and O–H groups in total. The zero-order valence-electron chi connectivity index (χ0n) is 9.98. The van der Waals surface area contributed by atoms with E-state index in [4.69, 9.17) is 27.9 Å². The maximum absolute atomic E-state index is 11.0. The van der Waals surface area contributed by atoms with E-state index in [1.807, 2.05) is 18.2 Å². The second-order valence-corrected chi connectivity index (χ2v) is 4.69. The quantitative estimate of drug-likeness (QED) is 0.787. The summed E-state index contributed by atoms with van der Waals surface area (Å²) >= 11 is 11.8. The number of rotatable bonds is 5. The third kappa shape index (κ3) is 3.69. The second kappa shape index (κ2) is 6.55. The van der Waals surface area contributed by atoms with Crippen molar-refractivity contribution < 1.29 is 9.53 Å². The number of aldehydes is 1. The largest absolute Gasteiger partial charge is 0.491 e. The lowest BCUT2D eigenvalue weighted by Gasteiger charge is -2.10. The first-order valence-corrected chi connectivity index (χ1v) is 6.43. The number of hydrogen-bond donors (Lipinski definition) is 0. The summed E-state index contributed by atoms with van der Waals surface area (Å²) in [5, 5.41) is 0.736. The number of halogens is 2. The van der Waals surface area contributed by atoms with Gasteiger partial charge in [-0.15, -0.1) is 0 Å². The molecule has 0 spiro atoms. The van der Waals surface area contributed by atoms with E-state index in [-0.39, 0.29) is 0 Å². The molecular weight excluding hydrogens is 285 g/mol. The van der Waals surface area contributed by atoms with Crippen molar-refractivity contribution >= 4 is 29.5 Å². The summed E-state index contributed by atoms with van der Waals surface area (Å²) in [6.45, 7) is 0.388. The van der Waals surface area contributed by atoms with Crippen LogP contribution in [0.1, 0.15) is 16.1 Å². The van der Waals surface area contributed by atoms with Crippen LogP contribution >= 0.6 is 23.2 Å². The maximum atomic E-state index is 11.0. The van der Waals surface area contributed by atoms with Gasteiger partial charge in [0.05, 0.1) is 17.2 Å². The Bertz CT molecular complexity index is 573. The lowest BCUT2D eigenvalue weighted by Crippen LogP contribution is -2.05. The number of aromatic nitrogens is 1. The molecule has 2 aromatic rings. The Morgan fingerprint density at radius 1 is 1.26 bits per heavy atom. The van der Waals surface area contributed by atoms with Gasteiger partial charge in [0.1, 0.15) is 5.75 Å². The average molecular weight is 296 g/mol. The number of nitrogens with zero attached hydrogens (tertiary/aromatic N) is 1. The van der Waals surface area contributed by atoms with Gasteiger partial charge in [0.2, 0.25) is 0 Å². The summed E-state index contributed by atoms with van der Waals surface area (Å²) in [5.74, 6) is 0.358. The third-order valence-electron chi connectivity index (χ3n) is 2.49. The number of pyridine rings is 1. The summed E-state index contributed by atoms with van der Waals surface area (Å²) in [6, 6.07) is 8.75. The molecule has 0 saturated carbocycles. The van der Waals surface area contributed by atoms with Gasteiger partial charge in [0.25, 0.3) is 0 Å². The normalized spacial score (nSPS) is 10.2. The summed E-state index contributed by atoms with van der Waals surface area (Å²) in [5.41, 5.74) is 1.26. The van der Waals surface area contributed by atoms with Crippen LogP contribution in [0.15, 0.2) is 36.5 Å². The molecule has 1 aromatic carbocycles. The van der Waals surface area contributed by atoms with Gasteiger partial charge in [-0.1, -0.05) is 29.3 Å². The van der Waals surface area contributed by atoms with E-state index in [0.717, 1.165) is 5.69 Å². The lowest BCUT2D eigenvalue weighted by molar-refractivity contribution is 0.111. The molecule has 0 saturated heterocycles. The van der Waals surface area contributed by atoms with Crippen LogP contribution in [0.2, 0.25) is 10.0 Å². The molecule has 1 aromatic heterocycles. The van der Waals surface area contributed by atoms with Gasteiger partial charge >= 0.3 is 0 Å². The van der Waals surface area contributed by atoms with Crippen molar-refractivity contribution in [2.24, 2.45) is 0 Å². The number of ether oxygens (including phenoxy) is 1. The predicted molar refractivity (Wildman–Crippen MR) is 75.3 cm³/mol. The molecule has 0 amide bonds. The van der Waals surface area contributed by atoms with Gasteiger partial charge in [-0.3, -0.25) is 9.78 Å². The van der Waals surface area contributed by atoms with Crippen molar-refractivity contribution in [1.29, 1.82) is 0 Å². The Morgan fingerprint density at radius 2 is 2.11 bits per heavy atom. The minimum atomic E-state index is 0.329. The SMILES string of the molecule is O=Cc1cc(Cl)cc(Cl)c1OCCc1ccccn1. The molecule has 0 fully saturated rings. The predicted octanol–water partition coefficient (Wildman–Crippen LogP) is 3.82. The van der Waals surface area contributed by atoms with Crippen molar-refractivity contribution in [3.05, 3.63) is 57.8 Å². The third-order valence-corrected chi connectivity index (χ3v) is 2.99. The molecule has 0 aliphatic heterocycles. The molecule has 1 heterocycles. The van der Waals surface area contributed by atoms with Crippen LogP contribution in [-0.4, -0.2) is 17.9 Å². The molecule has 0 aliphatic rings. The fourth-order valence-electron chi connectivity index (χ4n) is 1.62. The number of hydrogen-bond acceptors (Lipinski definition) is 3. The average Bonchev–Trinajstić information content (AvgIpc) is 2.42. The van der Waals surface area contributed by atoms with Crippen LogP contribution in [0, 0.1) is 0 Å². The van der Waals surface area contributed by atoms with E-state index in [1.165, 1.54) is 6.07 Å². The lowest BCUT2D eigenvalue weighted by atomic mass is 10.2. The van der Waals surface area contributed by atoms with Crippen molar-refractivity contribution in [2.75, 3.05) is 6.61 Å². The smallest absolute Gasteiger partial charge is 0.153 e. The highest BCUT2D eigenvalue weighted by molar-refractivity contribution is 6.36. The van der Waals surface area contributed by atoms with Crippen LogP contribution < -0.4 is 4.74 Å². The standard InChI is InChI=1S/C14H11Cl2NO2/c15-11-7-10(9-18)14(13(16)8-11)19-6-4-12-3-1-2-5-17-12/h1-3,5,7-9H,4,6H2. The molecule has 5 heteroatoms. The topological polar surface area (TPSA) is 39.2 Å². The van der Waals surface area contributed by atoms with E-state index < -0.39 is 0 Å². The van der Waals surface area contributed by atoms with Crippen LogP contribution in [0.25, 0.3) is 0 Å². The fraction of sp³-hybridized carbons (Fsp3) is 0.143. The van der Waals surface area contributed by atoms with Gasteiger partial charge in [-0.25, -0.2) is 0 Å². The van der Waals surface area contributed by atoms with Crippen LogP contribution in [0.4, 0.5) is 0 Å². The first-order chi connectivity index (χ1) is 9.20. The Morgan fingerprint density at radius 3 is 2.79 bits per heavy atom. The second-order valence-electron chi connectivity index (χ2n) is 3.84. The molecule has 3 nitrogen and oxygen atoms in total. The first-order valence-electron chi connectivity index (χ1n) is 5.67. The van der Waals surface area contributed by atoms with E-state index in [1.54, 1.807) is 12.3 Å². The van der Waals surface area contributed by atoms with E-state index in [9.17, 15) is 4.79 Å². The number of carbonyl (C=O) groups excluding carboxylic acids is 1. The van der Waals surface area contributed by atoms with E-state index >= 15 is 0 Å². The number of carbonyl (C=O) groups is 1. The molecule has 0 bridgehead atoms. The highest BCUT2D eigenvalue weighted by Crippen LogP contribution is 2.31. The zero-order chi connectivity index (χ0) is 13.7. The Labute approximate surface area is 121 Å². The van der Waals surface area contributed by atoms with Gasteiger partial charge in [-0.05, 0) is 24.3 Å². The van der Waals surface area contributed by atoms with Gasteiger partial charge in [-0.2, -0.15) is 0 Å². The molecule has 19 heavy (non-hydrogen) atoms.